The second kappa shape index (κ2) is 5.71. The minimum Gasteiger partial charge on any atom is -0.394 e. The zero-order valence-corrected chi connectivity index (χ0v) is 8.19. The van der Waals surface area contributed by atoms with Crippen LogP contribution in [0.2, 0.25) is 0 Å². The van der Waals surface area contributed by atoms with E-state index < -0.39 is 37.3 Å². The van der Waals surface area contributed by atoms with Crippen molar-refractivity contribution >= 4 is 0 Å². The first-order chi connectivity index (χ1) is 7.11. The van der Waals surface area contributed by atoms with Gasteiger partial charge in [-0.1, -0.05) is 0 Å². The Morgan fingerprint density at radius 2 is 1.87 bits per heavy atom. The molecule has 1 heterocycles. The van der Waals surface area contributed by atoms with Crippen molar-refractivity contribution in [3.63, 3.8) is 0 Å². The van der Waals surface area contributed by atoms with E-state index in [4.69, 9.17) is 25.4 Å². The predicted molar refractivity (Wildman–Crippen MR) is 48.8 cm³/mol. The largest absolute Gasteiger partial charge is 0.394 e. The molecule has 90 valence electrons. The van der Waals surface area contributed by atoms with Gasteiger partial charge in [0.1, 0.15) is 18.3 Å². The Kier molecular flexibility index (Phi) is 4.87. The van der Waals surface area contributed by atoms with Crippen LogP contribution in [0.1, 0.15) is 0 Å². The summed E-state index contributed by atoms with van der Waals surface area (Å²) >= 11 is 0. The average Bonchev–Trinajstić information content (AvgIpc) is 2.25. The molecule has 1 aliphatic rings. The molecule has 5 atom stereocenters. The van der Waals surface area contributed by atoms with E-state index >= 15 is 0 Å². The molecule has 7 nitrogen and oxygen atoms in total. The van der Waals surface area contributed by atoms with Crippen molar-refractivity contribution in [3.05, 3.63) is 0 Å². The molecular weight excluding hydrogens is 206 g/mol. The summed E-state index contributed by atoms with van der Waals surface area (Å²) in [6.07, 6.45) is -4.32. The minimum absolute atomic E-state index is 0.0132. The van der Waals surface area contributed by atoms with Crippen LogP contribution in [-0.4, -0.2) is 70.9 Å². The quantitative estimate of drug-likeness (QED) is 0.339. The summed E-state index contributed by atoms with van der Waals surface area (Å²) in [5.41, 5.74) is 5.55. The zero-order valence-electron chi connectivity index (χ0n) is 8.19. The standard InChI is InChI=1S/C8H17NO6/c9-5-7(13)6(12)4(3-11)15-8(5)14-2-1-10/h4-8,10-13H,1-3,9H2/t4-,5-,6-,7-,8?/m1/s1. The topological polar surface area (TPSA) is 125 Å². The second-order valence-electron chi connectivity index (χ2n) is 3.38. The molecule has 0 aromatic heterocycles. The summed E-state index contributed by atoms with van der Waals surface area (Å²) in [6, 6.07) is -0.908. The molecule has 0 saturated carbocycles. The third-order valence-electron chi connectivity index (χ3n) is 2.30. The van der Waals surface area contributed by atoms with E-state index in [1.807, 2.05) is 0 Å². The molecule has 1 aliphatic heterocycles. The smallest absolute Gasteiger partial charge is 0.175 e. The van der Waals surface area contributed by atoms with Gasteiger partial charge in [0, 0.05) is 0 Å². The van der Waals surface area contributed by atoms with Crippen molar-refractivity contribution in [2.24, 2.45) is 5.73 Å². The Morgan fingerprint density at radius 1 is 1.20 bits per heavy atom. The molecule has 0 aromatic carbocycles. The molecule has 0 radical (unpaired) electrons. The maximum absolute atomic E-state index is 9.51. The summed E-state index contributed by atoms with van der Waals surface area (Å²) in [6.45, 7) is -0.627. The van der Waals surface area contributed by atoms with Crippen LogP contribution < -0.4 is 5.73 Å². The van der Waals surface area contributed by atoms with Crippen LogP contribution in [0, 0.1) is 0 Å². The van der Waals surface area contributed by atoms with Crippen molar-refractivity contribution in [3.8, 4) is 0 Å². The Bertz CT molecular complexity index is 190. The third kappa shape index (κ3) is 2.85. The van der Waals surface area contributed by atoms with E-state index in [1.54, 1.807) is 0 Å². The van der Waals surface area contributed by atoms with Crippen LogP contribution in [0.3, 0.4) is 0 Å². The summed E-state index contributed by atoms with van der Waals surface area (Å²) in [7, 11) is 0. The highest BCUT2D eigenvalue weighted by atomic mass is 16.7. The number of hydrogen-bond donors (Lipinski definition) is 5. The first-order valence-corrected chi connectivity index (χ1v) is 4.72. The fourth-order valence-electron chi connectivity index (χ4n) is 1.42. The molecule has 0 aromatic rings. The van der Waals surface area contributed by atoms with Gasteiger partial charge >= 0.3 is 0 Å². The molecule has 0 bridgehead atoms. The van der Waals surface area contributed by atoms with E-state index in [9.17, 15) is 10.2 Å². The van der Waals surface area contributed by atoms with Crippen molar-refractivity contribution in [2.75, 3.05) is 19.8 Å². The Hall–Kier alpha value is -0.280. The lowest BCUT2D eigenvalue weighted by molar-refractivity contribution is -0.266. The van der Waals surface area contributed by atoms with Crippen LogP contribution >= 0.6 is 0 Å². The van der Waals surface area contributed by atoms with Crippen molar-refractivity contribution < 1.29 is 29.9 Å². The van der Waals surface area contributed by atoms with Gasteiger partial charge in [0.05, 0.1) is 25.9 Å². The number of hydrogen-bond acceptors (Lipinski definition) is 7. The molecule has 6 N–H and O–H groups in total. The maximum Gasteiger partial charge on any atom is 0.175 e. The summed E-state index contributed by atoms with van der Waals surface area (Å²) in [5.74, 6) is 0. The molecule has 1 fully saturated rings. The van der Waals surface area contributed by atoms with Crippen LogP contribution in [0.4, 0.5) is 0 Å². The van der Waals surface area contributed by atoms with E-state index in [1.165, 1.54) is 0 Å². The molecule has 7 heteroatoms. The van der Waals surface area contributed by atoms with Gasteiger partial charge in [0.2, 0.25) is 0 Å². The van der Waals surface area contributed by atoms with Gasteiger partial charge in [0.15, 0.2) is 6.29 Å². The molecule has 0 spiro atoms. The summed E-state index contributed by atoms with van der Waals surface area (Å²) in [5, 5.41) is 36.3. The SMILES string of the molecule is N[C@H]1C(OCCO)O[C@H](CO)[C@@H](O)[C@@H]1O. The van der Waals surface area contributed by atoms with Crippen LogP contribution in [0.15, 0.2) is 0 Å². The zero-order chi connectivity index (χ0) is 11.4. The fourth-order valence-corrected chi connectivity index (χ4v) is 1.42. The van der Waals surface area contributed by atoms with Crippen LogP contribution in [-0.2, 0) is 9.47 Å². The molecular formula is C8H17NO6. The number of nitrogens with two attached hydrogens (primary N) is 1. The van der Waals surface area contributed by atoms with E-state index in [-0.39, 0.29) is 13.2 Å². The normalized spacial score (nSPS) is 41.8. The predicted octanol–water partition coefficient (Wildman–Crippen LogP) is -3.24. The van der Waals surface area contributed by atoms with Gasteiger partial charge in [-0.05, 0) is 0 Å². The highest BCUT2D eigenvalue weighted by Crippen LogP contribution is 2.20. The van der Waals surface area contributed by atoms with Gasteiger partial charge < -0.3 is 35.6 Å². The minimum atomic E-state index is -1.24. The van der Waals surface area contributed by atoms with Crippen LogP contribution in [0.25, 0.3) is 0 Å². The molecule has 1 rings (SSSR count). The molecule has 1 saturated heterocycles. The first-order valence-electron chi connectivity index (χ1n) is 4.72. The van der Waals surface area contributed by atoms with Crippen molar-refractivity contribution in [1.29, 1.82) is 0 Å². The number of ether oxygens (including phenoxy) is 2. The van der Waals surface area contributed by atoms with Crippen molar-refractivity contribution in [2.45, 2.75) is 30.6 Å². The molecule has 15 heavy (non-hydrogen) atoms. The lowest BCUT2D eigenvalue weighted by Gasteiger charge is -2.40. The third-order valence-corrected chi connectivity index (χ3v) is 2.30. The van der Waals surface area contributed by atoms with E-state index in [0.717, 1.165) is 0 Å². The Labute approximate surface area is 87.0 Å². The Morgan fingerprint density at radius 3 is 2.40 bits per heavy atom. The van der Waals surface area contributed by atoms with Gasteiger partial charge in [-0.25, -0.2) is 0 Å². The van der Waals surface area contributed by atoms with E-state index in [0.29, 0.717) is 0 Å². The van der Waals surface area contributed by atoms with Gasteiger partial charge in [-0.15, -0.1) is 0 Å². The fraction of sp³-hybridized carbons (Fsp3) is 1.00. The first kappa shape index (κ1) is 12.8. The lowest BCUT2D eigenvalue weighted by Crippen LogP contribution is -2.62. The second-order valence-corrected chi connectivity index (χ2v) is 3.38. The average molecular weight is 223 g/mol. The number of aliphatic hydroxyl groups is 4. The van der Waals surface area contributed by atoms with Crippen LogP contribution in [0.5, 0.6) is 0 Å². The lowest BCUT2D eigenvalue weighted by atomic mass is 9.98. The van der Waals surface area contributed by atoms with Gasteiger partial charge in [0.25, 0.3) is 0 Å². The number of aliphatic hydroxyl groups excluding tert-OH is 4. The van der Waals surface area contributed by atoms with Crippen molar-refractivity contribution in [1.82, 2.24) is 0 Å². The van der Waals surface area contributed by atoms with Gasteiger partial charge in [-0.3, -0.25) is 0 Å². The molecule has 1 unspecified atom stereocenters. The number of rotatable bonds is 4. The summed E-state index contributed by atoms with van der Waals surface area (Å²) in [4.78, 5) is 0. The highest BCUT2D eigenvalue weighted by molar-refractivity contribution is 4.91. The van der Waals surface area contributed by atoms with E-state index in [2.05, 4.69) is 0 Å². The Balaban J connectivity index is 2.57. The monoisotopic (exact) mass is 223 g/mol. The molecule has 0 amide bonds. The van der Waals surface area contributed by atoms with Gasteiger partial charge in [-0.2, -0.15) is 0 Å². The maximum atomic E-state index is 9.51. The highest BCUT2D eigenvalue weighted by Gasteiger charge is 2.42. The summed E-state index contributed by atoms with van der Waals surface area (Å²) < 4.78 is 10.1. The molecule has 0 aliphatic carbocycles.